The summed E-state index contributed by atoms with van der Waals surface area (Å²) >= 11 is 0. The Balaban J connectivity index is 2.81. The molecule has 1 aliphatic heterocycles. The summed E-state index contributed by atoms with van der Waals surface area (Å²) < 4.78 is 27.9. The highest BCUT2D eigenvalue weighted by molar-refractivity contribution is 5.75. The van der Waals surface area contributed by atoms with Gasteiger partial charge in [0.05, 0.1) is 0 Å². The Labute approximate surface area is 151 Å². The van der Waals surface area contributed by atoms with Crippen molar-refractivity contribution in [1.29, 1.82) is 0 Å². The van der Waals surface area contributed by atoms with Crippen LogP contribution in [0.1, 0.15) is 46.5 Å². The first-order valence-corrected chi connectivity index (χ1v) is 8.78. The Kier molecular flexibility index (Phi) is 9.35. The van der Waals surface area contributed by atoms with Crippen molar-refractivity contribution in [3.63, 3.8) is 0 Å². The summed E-state index contributed by atoms with van der Waals surface area (Å²) in [5.41, 5.74) is 0. The number of carbonyl (C=O) groups excluding carboxylic acids is 1. The molecular formula is C19H32O6. The Hall–Kier alpha value is -1.21. The molecule has 1 aliphatic rings. The lowest BCUT2D eigenvalue weighted by Crippen LogP contribution is -2.41. The highest BCUT2D eigenvalue weighted by Crippen LogP contribution is 2.33. The van der Waals surface area contributed by atoms with Gasteiger partial charge in [-0.1, -0.05) is 25.5 Å². The standard InChI is InChI=1S/C19H32O6/c1-7-10-12-16(22-13-21-6)18(20)23-15(11-8-2)17-14(9-3)24-19(4,5)25-17/h7,9,14-17H,1,3,8,10-13H2,2,4-6H3/t14-,15-,16-,17+/m1/s1. The lowest BCUT2D eigenvalue weighted by Gasteiger charge is -2.27. The minimum Gasteiger partial charge on any atom is -0.458 e. The average molecular weight is 356 g/mol. The SMILES string of the molecule is C=CCC[C@@H](OCOC)C(=O)O[C@H](CCC)[C@H]1OC(C)(C)O[C@@H]1C=C. The molecule has 0 saturated carbocycles. The van der Waals surface area contributed by atoms with Crippen LogP contribution in [0.5, 0.6) is 0 Å². The van der Waals surface area contributed by atoms with Crippen molar-refractivity contribution < 1.29 is 28.5 Å². The molecule has 1 saturated heterocycles. The van der Waals surface area contributed by atoms with Crippen LogP contribution in [-0.2, 0) is 28.5 Å². The topological polar surface area (TPSA) is 63.2 Å². The summed E-state index contributed by atoms with van der Waals surface area (Å²) in [6, 6.07) is 0. The Morgan fingerprint density at radius 1 is 1.28 bits per heavy atom. The fraction of sp³-hybridized carbons (Fsp3) is 0.737. The highest BCUT2D eigenvalue weighted by atomic mass is 16.8. The molecule has 0 unspecified atom stereocenters. The van der Waals surface area contributed by atoms with Gasteiger partial charge < -0.3 is 23.7 Å². The van der Waals surface area contributed by atoms with Gasteiger partial charge in [-0.25, -0.2) is 4.79 Å². The van der Waals surface area contributed by atoms with Gasteiger partial charge >= 0.3 is 5.97 Å². The molecule has 0 radical (unpaired) electrons. The molecule has 0 bridgehead atoms. The van der Waals surface area contributed by atoms with Crippen molar-refractivity contribution in [1.82, 2.24) is 0 Å². The van der Waals surface area contributed by atoms with Crippen LogP contribution in [0, 0.1) is 0 Å². The summed E-state index contributed by atoms with van der Waals surface area (Å²) in [6.07, 6.45) is 4.23. The first-order valence-electron chi connectivity index (χ1n) is 8.78. The second-order valence-electron chi connectivity index (χ2n) is 6.49. The summed E-state index contributed by atoms with van der Waals surface area (Å²) in [5, 5.41) is 0. The molecule has 0 aromatic carbocycles. The average Bonchev–Trinajstić information content (AvgIpc) is 2.89. The van der Waals surface area contributed by atoms with Gasteiger partial charge in [0.25, 0.3) is 0 Å². The molecular weight excluding hydrogens is 324 g/mol. The quantitative estimate of drug-likeness (QED) is 0.303. The van der Waals surface area contributed by atoms with E-state index in [-0.39, 0.29) is 19.0 Å². The highest BCUT2D eigenvalue weighted by Gasteiger charge is 2.45. The third kappa shape index (κ3) is 6.90. The zero-order chi connectivity index (χ0) is 18.9. The molecule has 1 rings (SSSR count). The summed E-state index contributed by atoms with van der Waals surface area (Å²) in [5.74, 6) is -1.16. The normalized spacial score (nSPS) is 24.5. The second kappa shape index (κ2) is 10.7. The van der Waals surface area contributed by atoms with Crippen LogP contribution in [0.3, 0.4) is 0 Å². The van der Waals surface area contributed by atoms with Crippen LogP contribution in [0.25, 0.3) is 0 Å². The van der Waals surface area contributed by atoms with Crippen LogP contribution in [0.2, 0.25) is 0 Å². The first kappa shape index (κ1) is 21.8. The zero-order valence-electron chi connectivity index (χ0n) is 15.9. The van der Waals surface area contributed by atoms with Gasteiger partial charge in [-0.3, -0.25) is 0 Å². The molecule has 4 atom stereocenters. The van der Waals surface area contributed by atoms with Crippen molar-refractivity contribution in [2.45, 2.75) is 76.7 Å². The van der Waals surface area contributed by atoms with Crippen LogP contribution in [0.4, 0.5) is 0 Å². The molecule has 0 aromatic heterocycles. The second-order valence-corrected chi connectivity index (χ2v) is 6.49. The fourth-order valence-corrected chi connectivity index (χ4v) is 2.78. The molecule has 25 heavy (non-hydrogen) atoms. The monoisotopic (exact) mass is 356 g/mol. The minimum absolute atomic E-state index is 0.0285. The van der Waals surface area contributed by atoms with E-state index < -0.39 is 24.0 Å². The van der Waals surface area contributed by atoms with Gasteiger partial charge in [0.2, 0.25) is 0 Å². The summed E-state index contributed by atoms with van der Waals surface area (Å²) in [6.45, 7) is 13.2. The maximum absolute atomic E-state index is 12.6. The van der Waals surface area contributed by atoms with Crippen molar-refractivity contribution >= 4 is 5.97 Å². The molecule has 0 spiro atoms. The smallest absolute Gasteiger partial charge is 0.335 e. The van der Waals surface area contributed by atoms with Crippen LogP contribution < -0.4 is 0 Å². The van der Waals surface area contributed by atoms with E-state index in [9.17, 15) is 4.79 Å². The van der Waals surface area contributed by atoms with Gasteiger partial charge in [-0.05, 0) is 33.1 Å². The van der Waals surface area contributed by atoms with Gasteiger partial charge in [-0.2, -0.15) is 0 Å². The number of carbonyl (C=O) groups is 1. The number of allylic oxidation sites excluding steroid dienone is 1. The predicted molar refractivity (Wildman–Crippen MR) is 95.0 cm³/mol. The van der Waals surface area contributed by atoms with E-state index in [1.807, 2.05) is 20.8 Å². The van der Waals surface area contributed by atoms with E-state index >= 15 is 0 Å². The van der Waals surface area contributed by atoms with Crippen LogP contribution >= 0.6 is 0 Å². The van der Waals surface area contributed by atoms with E-state index in [1.54, 1.807) is 12.2 Å². The van der Waals surface area contributed by atoms with Crippen molar-refractivity contribution in [2.24, 2.45) is 0 Å². The Morgan fingerprint density at radius 2 is 2.00 bits per heavy atom. The van der Waals surface area contributed by atoms with E-state index in [0.29, 0.717) is 19.3 Å². The molecule has 144 valence electrons. The first-order chi connectivity index (χ1) is 11.9. The lowest BCUT2D eigenvalue weighted by molar-refractivity contribution is -0.185. The maximum Gasteiger partial charge on any atom is 0.335 e. The number of hydrogen-bond acceptors (Lipinski definition) is 6. The van der Waals surface area contributed by atoms with Crippen LogP contribution in [-0.4, -0.2) is 50.1 Å². The Bertz CT molecular complexity index is 434. The molecule has 0 N–H and O–H groups in total. The van der Waals surface area contributed by atoms with Gasteiger partial charge in [0.1, 0.15) is 25.1 Å². The molecule has 0 aromatic rings. The maximum atomic E-state index is 12.6. The summed E-state index contributed by atoms with van der Waals surface area (Å²) in [4.78, 5) is 12.6. The molecule has 0 aliphatic carbocycles. The molecule has 1 heterocycles. The van der Waals surface area contributed by atoms with E-state index in [2.05, 4.69) is 13.2 Å². The predicted octanol–water partition coefficient (Wildman–Crippen LogP) is 3.36. The van der Waals surface area contributed by atoms with Crippen LogP contribution in [0.15, 0.2) is 25.3 Å². The number of methoxy groups -OCH3 is 1. The fourth-order valence-electron chi connectivity index (χ4n) is 2.78. The van der Waals surface area contributed by atoms with E-state index in [4.69, 9.17) is 23.7 Å². The molecule has 6 heteroatoms. The van der Waals surface area contributed by atoms with Crippen molar-refractivity contribution in [2.75, 3.05) is 13.9 Å². The van der Waals surface area contributed by atoms with Gasteiger partial charge in [0.15, 0.2) is 11.9 Å². The molecule has 6 nitrogen and oxygen atoms in total. The third-order valence-corrected chi connectivity index (χ3v) is 3.89. The molecule has 1 fully saturated rings. The minimum atomic E-state index is -0.739. The largest absolute Gasteiger partial charge is 0.458 e. The third-order valence-electron chi connectivity index (χ3n) is 3.89. The van der Waals surface area contributed by atoms with Crippen molar-refractivity contribution in [3.8, 4) is 0 Å². The summed E-state index contributed by atoms with van der Waals surface area (Å²) in [7, 11) is 1.51. The zero-order valence-corrected chi connectivity index (χ0v) is 15.9. The number of esters is 1. The molecule has 0 amide bonds. The lowest BCUT2D eigenvalue weighted by atomic mass is 10.0. The number of hydrogen-bond donors (Lipinski definition) is 0. The van der Waals surface area contributed by atoms with Crippen molar-refractivity contribution in [3.05, 3.63) is 25.3 Å². The number of rotatable bonds is 12. The van der Waals surface area contributed by atoms with Gasteiger partial charge in [-0.15, -0.1) is 13.2 Å². The van der Waals surface area contributed by atoms with Gasteiger partial charge in [0, 0.05) is 7.11 Å². The number of ether oxygens (including phenoxy) is 5. The van der Waals surface area contributed by atoms with E-state index in [1.165, 1.54) is 7.11 Å². The van der Waals surface area contributed by atoms with E-state index in [0.717, 1.165) is 6.42 Å². The Morgan fingerprint density at radius 3 is 2.56 bits per heavy atom.